The predicted octanol–water partition coefficient (Wildman–Crippen LogP) is 3.52. The third kappa shape index (κ3) is 5.46. The van der Waals surface area contributed by atoms with Crippen LogP contribution in [0.25, 0.3) is 10.1 Å². The molecule has 3 rings (SSSR count). The molecule has 0 saturated carbocycles. The molecule has 1 aromatic heterocycles. The maximum atomic E-state index is 12.5. The van der Waals surface area contributed by atoms with Crippen molar-refractivity contribution in [3.05, 3.63) is 59.0 Å². The second kappa shape index (κ2) is 9.70. The zero-order valence-corrected chi connectivity index (χ0v) is 18.2. The van der Waals surface area contributed by atoms with Crippen molar-refractivity contribution in [2.24, 2.45) is 0 Å². The molecule has 31 heavy (non-hydrogen) atoms. The van der Waals surface area contributed by atoms with Gasteiger partial charge < -0.3 is 10.1 Å². The number of carbonyl (C=O) groups is 2. The Bertz CT molecular complexity index is 1260. The van der Waals surface area contributed by atoms with E-state index in [9.17, 15) is 18.0 Å². The van der Waals surface area contributed by atoms with E-state index >= 15 is 0 Å². The van der Waals surface area contributed by atoms with E-state index in [2.05, 4.69) is 10.0 Å². The van der Waals surface area contributed by atoms with Gasteiger partial charge in [-0.1, -0.05) is 0 Å². The number of anilines is 1. The Kier molecular flexibility index (Phi) is 7.02. The summed E-state index contributed by atoms with van der Waals surface area (Å²) in [4.78, 5) is 24.9. The van der Waals surface area contributed by atoms with Crippen molar-refractivity contribution in [1.29, 1.82) is 5.26 Å². The summed E-state index contributed by atoms with van der Waals surface area (Å²) in [6.45, 7) is 2.06. The van der Waals surface area contributed by atoms with Crippen molar-refractivity contribution in [3.8, 4) is 6.07 Å². The van der Waals surface area contributed by atoms with Gasteiger partial charge >= 0.3 is 5.97 Å². The highest BCUT2D eigenvalue weighted by Gasteiger charge is 2.15. The molecule has 8 nitrogen and oxygen atoms in total. The van der Waals surface area contributed by atoms with Crippen molar-refractivity contribution >= 4 is 49.0 Å². The Morgan fingerprint density at radius 3 is 2.55 bits per heavy atom. The Hall–Kier alpha value is -3.26. The third-order valence-corrected chi connectivity index (χ3v) is 6.78. The number of nitrogens with zero attached hydrogens (tertiary/aromatic N) is 1. The average Bonchev–Trinajstić information content (AvgIpc) is 3.18. The molecule has 0 bridgehead atoms. The second-order valence-corrected chi connectivity index (χ2v) is 9.22. The Morgan fingerprint density at radius 1 is 1.13 bits per heavy atom. The fourth-order valence-corrected chi connectivity index (χ4v) is 4.71. The summed E-state index contributed by atoms with van der Waals surface area (Å²) >= 11 is 1.31. The van der Waals surface area contributed by atoms with Crippen LogP contribution in [0.3, 0.4) is 0 Å². The predicted molar refractivity (Wildman–Crippen MR) is 118 cm³/mol. The van der Waals surface area contributed by atoms with Crippen LogP contribution in [0.5, 0.6) is 0 Å². The number of nitrogens with one attached hydrogen (secondary N) is 2. The third-order valence-electron chi connectivity index (χ3n) is 4.21. The van der Waals surface area contributed by atoms with Crippen molar-refractivity contribution in [1.82, 2.24) is 4.72 Å². The van der Waals surface area contributed by atoms with Crippen LogP contribution in [0.15, 0.2) is 53.4 Å². The van der Waals surface area contributed by atoms with E-state index in [0.717, 1.165) is 10.1 Å². The van der Waals surface area contributed by atoms with Crippen molar-refractivity contribution < 1.29 is 22.7 Å². The smallest absolute Gasteiger partial charge is 0.348 e. The molecule has 0 aliphatic rings. The number of fused-ring (bicyclic) bond motifs is 1. The molecule has 3 aromatic rings. The van der Waals surface area contributed by atoms with Gasteiger partial charge in [0.2, 0.25) is 10.0 Å². The molecule has 0 fully saturated rings. The fraction of sp³-hybridized carbons (Fsp3) is 0.190. The van der Waals surface area contributed by atoms with Crippen LogP contribution in [0, 0.1) is 11.3 Å². The molecule has 1 heterocycles. The van der Waals surface area contributed by atoms with Gasteiger partial charge in [0, 0.05) is 28.9 Å². The van der Waals surface area contributed by atoms with Gasteiger partial charge in [0.25, 0.3) is 5.91 Å². The van der Waals surface area contributed by atoms with Crippen LogP contribution in [-0.4, -0.2) is 33.4 Å². The number of sulfonamides is 1. The lowest BCUT2D eigenvalue weighted by molar-refractivity contribution is 0.0532. The topological polar surface area (TPSA) is 125 Å². The molecule has 0 spiro atoms. The average molecular weight is 458 g/mol. The van der Waals surface area contributed by atoms with Crippen molar-refractivity contribution in [2.45, 2.75) is 18.2 Å². The summed E-state index contributed by atoms with van der Waals surface area (Å²) in [6, 6.07) is 14.3. The minimum absolute atomic E-state index is 0.00757. The van der Waals surface area contributed by atoms with Gasteiger partial charge in [-0.25, -0.2) is 17.9 Å². The minimum Gasteiger partial charge on any atom is -0.462 e. The number of hydrogen-bond acceptors (Lipinski definition) is 7. The normalized spacial score (nSPS) is 11.1. The summed E-state index contributed by atoms with van der Waals surface area (Å²) in [5.41, 5.74) is 0.828. The number of carbonyl (C=O) groups excluding carboxylic acids is 2. The first-order chi connectivity index (χ1) is 14.8. The number of benzene rings is 2. The van der Waals surface area contributed by atoms with Crippen LogP contribution in [0.4, 0.5) is 5.69 Å². The van der Waals surface area contributed by atoms with E-state index < -0.39 is 15.9 Å². The molecule has 0 saturated heterocycles. The standard InChI is InChI=1S/C21H19N3O5S2/c1-2-29-21(26)19-13-15-12-16(6-9-18(15)30-19)24-20(25)14-4-7-17(8-5-14)31(27,28)23-11-3-10-22/h4-9,12-13,23H,2-3,11H2,1H3,(H,24,25). The maximum Gasteiger partial charge on any atom is 0.348 e. The molecule has 2 N–H and O–H groups in total. The van der Waals surface area contributed by atoms with Gasteiger partial charge in [-0.05, 0) is 60.8 Å². The lowest BCUT2D eigenvalue weighted by Crippen LogP contribution is -2.24. The Morgan fingerprint density at radius 2 is 1.87 bits per heavy atom. The number of esters is 1. The summed E-state index contributed by atoms with van der Waals surface area (Å²) in [5.74, 6) is -0.784. The van der Waals surface area contributed by atoms with E-state index in [0.29, 0.717) is 17.2 Å². The Balaban J connectivity index is 1.71. The number of amides is 1. The monoisotopic (exact) mass is 457 g/mol. The summed E-state index contributed by atoms with van der Waals surface area (Å²) in [7, 11) is -3.74. The van der Waals surface area contributed by atoms with Gasteiger partial charge in [-0.2, -0.15) is 5.26 Å². The highest BCUT2D eigenvalue weighted by Crippen LogP contribution is 2.29. The maximum absolute atomic E-state index is 12.5. The lowest BCUT2D eigenvalue weighted by atomic mass is 10.2. The molecule has 0 aliphatic carbocycles. The number of hydrogen-bond donors (Lipinski definition) is 2. The minimum atomic E-state index is -3.74. The van der Waals surface area contributed by atoms with Crippen LogP contribution < -0.4 is 10.0 Å². The van der Waals surface area contributed by atoms with E-state index in [1.807, 2.05) is 6.07 Å². The van der Waals surface area contributed by atoms with Crippen LogP contribution in [-0.2, 0) is 14.8 Å². The van der Waals surface area contributed by atoms with Gasteiger partial charge in [0.1, 0.15) is 4.88 Å². The van der Waals surface area contributed by atoms with Gasteiger partial charge in [-0.3, -0.25) is 4.79 Å². The summed E-state index contributed by atoms with van der Waals surface area (Å²) in [5, 5.41) is 12.1. The van der Waals surface area contributed by atoms with E-state index in [1.165, 1.54) is 35.6 Å². The number of rotatable bonds is 8. The molecular weight excluding hydrogens is 438 g/mol. The molecule has 10 heteroatoms. The molecule has 0 atom stereocenters. The summed E-state index contributed by atoms with van der Waals surface area (Å²) < 4.78 is 32.5. The molecule has 0 aliphatic heterocycles. The van der Waals surface area contributed by atoms with Crippen LogP contribution in [0.1, 0.15) is 33.4 Å². The second-order valence-electron chi connectivity index (χ2n) is 6.37. The number of thiophene rings is 1. The molecule has 160 valence electrons. The number of nitriles is 1. The highest BCUT2D eigenvalue weighted by atomic mass is 32.2. The lowest BCUT2D eigenvalue weighted by Gasteiger charge is -2.08. The zero-order chi connectivity index (χ0) is 22.4. The van der Waals surface area contributed by atoms with Crippen LogP contribution in [0.2, 0.25) is 0 Å². The van der Waals surface area contributed by atoms with Crippen molar-refractivity contribution in [3.63, 3.8) is 0 Å². The number of ether oxygens (including phenoxy) is 1. The molecular formula is C21H19N3O5S2. The Labute approximate surface area is 183 Å². The van der Waals surface area contributed by atoms with Gasteiger partial charge in [0.15, 0.2) is 0 Å². The van der Waals surface area contributed by atoms with E-state index in [1.54, 1.807) is 31.2 Å². The molecule has 0 unspecified atom stereocenters. The zero-order valence-electron chi connectivity index (χ0n) is 16.5. The SMILES string of the molecule is CCOC(=O)c1cc2cc(NC(=O)c3ccc(S(=O)(=O)NCCC#N)cc3)ccc2s1. The van der Waals surface area contributed by atoms with Crippen molar-refractivity contribution in [2.75, 3.05) is 18.5 Å². The summed E-state index contributed by atoms with van der Waals surface area (Å²) in [6.07, 6.45) is 0.0650. The van der Waals surface area contributed by atoms with E-state index in [-0.39, 0.29) is 29.4 Å². The quantitative estimate of drug-likeness (QED) is 0.394. The first-order valence-corrected chi connectivity index (χ1v) is 11.6. The van der Waals surface area contributed by atoms with E-state index in [4.69, 9.17) is 10.00 Å². The highest BCUT2D eigenvalue weighted by molar-refractivity contribution is 7.89. The van der Waals surface area contributed by atoms with Crippen LogP contribution >= 0.6 is 11.3 Å². The van der Waals surface area contributed by atoms with Gasteiger partial charge in [-0.15, -0.1) is 11.3 Å². The molecule has 2 aromatic carbocycles. The first kappa shape index (κ1) is 22.4. The fourth-order valence-electron chi connectivity index (χ4n) is 2.74. The first-order valence-electron chi connectivity index (χ1n) is 9.33. The largest absolute Gasteiger partial charge is 0.462 e. The van der Waals surface area contributed by atoms with Gasteiger partial charge in [0.05, 0.1) is 17.6 Å². The molecule has 0 radical (unpaired) electrons. The molecule has 1 amide bonds.